The van der Waals surface area contributed by atoms with Gasteiger partial charge in [-0.15, -0.1) is 0 Å². The van der Waals surface area contributed by atoms with E-state index in [-0.39, 0.29) is 11.9 Å². The summed E-state index contributed by atoms with van der Waals surface area (Å²) < 4.78 is 13.8. The van der Waals surface area contributed by atoms with Crippen molar-refractivity contribution in [2.24, 2.45) is 11.7 Å². The molecule has 1 saturated heterocycles. The molecule has 0 radical (unpaired) electrons. The molecule has 3 heteroatoms. The zero-order valence-electron chi connectivity index (χ0n) is 11.3. The van der Waals surface area contributed by atoms with Crippen LogP contribution < -0.4 is 5.73 Å². The predicted octanol–water partition coefficient (Wildman–Crippen LogP) is 2.95. The first-order valence-electron chi connectivity index (χ1n) is 6.87. The van der Waals surface area contributed by atoms with Gasteiger partial charge in [-0.2, -0.15) is 0 Å². The maximum Gasteiger partial charge on any atom is 0.127 e. The Kier molecular flexibility index (Phi) is 4.36. The van der Waals surface area contributed by atoms with Crippen molar-refractivity contribution in [1.29, 1.82) is 0 Å². The van der Waals surface area contributed by atoms with Crippen LogP contribution in [0.25, 0.3) is 0 Å². The lowest BCUT2D eigenvalue weighted by molar-refractivity contribution is 0.112. The van der Waals surface area contributed by atoms with Crippen LogP contribution in [0.3, 0.4) is 0 Å². The number of rotatable bonds is 3. The van der Waals surface area contributed by atoms with Crippen LogP contribution in [-0.2, 0) is 0 Å². The van der Waals surface area contributed by atoms with Crippen molar-refractivity contribution < 1.29 is 4.39 Å². The molecular formula is C15H23FN2. The maximum absolute atomic E-state index is 13.8. The van der Waals surface area contributed by atoms with Crippen LogP contribution in [0.1, 0.15) is 38.3 Å². The highest BCUT2D eigenvalue weighted by Gasteiger charge is 2.29. The molecule has 3 unspecified atom stereocenters. The minimum Gasteiger partial charge on any atom is -0.327 e. The summed E-state index contributed by atoms with van der Waals surface area (Å²) in [5, 5.41) is 0. The molecule has 18 heavy (non-hydrogen) atoms. The van der Waals surface area contributed by atoms with Crippen LogP contribution in [0.5, 0.6) is 0 Å². The Labute approximate surface area is 109 Å². The van der Waals surface area contributed by atoms with E-state index >= 15 is 0 Å². The largest absolute Gasteiger partial charge is 0.327 e. The van der Waals surface area contributed by atoms with Gasteiger partial charge < -0.3 is 5.73 Å². The van der Waals surface area contributed by atoms with Gasteiger partial charge in [0.15, 0.2) is 0 Å². The van der Waals surface area contributed by atoms with E-state index < -0.39 is 0 Å². The van der Waals surface area contributed by atoms with Gasteiger partial charge in [0.1, 0.15) is 5.82 Å². The van der Waals surface area contributed by atoms with E-state index in [2.05, 4.69) is 18.7 Å². The lowest BCUT2D eigenvalue weighted by atomic mass is 9.89. The van der Waals surface area contributed by atoms with Crippen LogP contribution in [-0.4, -0.2) is 24.0 Å². The van der Waals surface area contributed by atoms with Crippen LogP contribution in [0.4, 0.5) is 4.39 Å². The molecule has 0 bridgehead atoms. The summed E-state index contributed by atoms with van der Waals surface area (Å²) in [6, 6.07) is 7.51. The Morgan fingerprint density at radius 1 is 1.44 bits per heavy atom. The number of benzene rings is 1. The highest BCUT2D eigenvalue weighted by atomic mass is 19.1. The van der Waals surface area contributed by atoms with Gasteiger partial charge in [0.05, 0.1) is 0 Å². The molecule has 0 aromatic heterocycles. The van der Waals surface area contributed by atoms with Gasteiger partial charge >= 0.3 is 0 Å². The fourth-order valence-electron chi connectivity index (χ4n) is 2.87. The lowest BCUT2D eigenvalue weighted by Gasteiger charge is -2.40. The van der Waals surface area contributed by atoms with Crippen molar-refractivity contribution in [3.05, 3.63) is 35.6 Å². The molecule has 100 valence electrons. The summed E-state index contributed by atoms with van der Waals surface area (Å²) in [6.45, 7) is 6.21. The van der Waals surface area contributed by atoms with E-state index in [1.54, 1.807) is 12.1 Å². The summed E-state index contributed by atoms with van der Waals surface area (Å²) >= 11 is 0. The number of halogens is 1. The van der Waals surface area contributed by atoms with Crippen LogP contribution >= 0.6 is 0 Å². The van der Waals surface area contributed by atoms with Gasteiger partial charge in [-0.25, -0.2) is 4.39 Å². The molecule has 3 atom stereocenters. The zero-order chi connectivity index (χ0) is 13.1. The average Bonchev–Trinajstić information content (AvgIpc) is 2.39. The summed E-state index contributed by atoms with van der Waals surface area (Å²) in [5.41, 5.74) is 6.91. The summed E-state index contributed by atoms with van der Waals surface area (Å²) in [4.78, 5) is 2.36. The normalized spacial score (nSPS) is 27.1. The van der Waals surface area contributed by atoms with Gasteiger partial charge in [-0.3, -0.25) is 4.90 Å². The van der Waals surface area contributed by atoms with E-state index in [9.17, 15) is 4.39 Å². The first kappa shape index (κ1) is 13.5. The van der Waals surface area contributed by atoms with Gasteiger partial charge in [0.2, 0.25) is 0 Å². The third kappa shape index (κ3) is 2.73. The highest BCUT2D eigenvalue weighted by molar-refractivity contribution is 5.20. The minimum atomic E-state index is -0.104. The van der Waals surface area contributed by atoms with Crippen molar-refractivity contribution in [2.45, 2.75) is 38.8 Å². The molecule has 2 nitrogen and oxygen atoms in total. The quantitative estimate of drug-likeness (QED) is 0.893. The molecule has 1 aliphatic heterocycles. The molecule has 1 aromatic carbocycles. The average molecular weight is 250 g/mol. The Morgan fingerprint density at radius 2 is 2.17 bits per heavy atom. The van der Waals surface area contributed by atoms with E-state index in [4.69, 9.17) is 5.73 Å². The van der Waals surface area contributed by atoms with Crippen molar-refractivity contribution in [3.63, 3.8) is 0 Å². The van der Waals surface area contributed by atoms with E-state index in [1.807, 2.05) is 12.1 Å². The number of hydrogen-bond acceptors (Lipinski definition) is 2. The molecule has 1 fully saturated rings. The van der Waals surface area contributed by atoms with Gasteiger partial charge in [-0.1, -0.05) is 31.5 Å². The van der Waals surface area contributed by atoms with Crippen LogP contribution in [0.15, 0.2) is 24.3 Å². The number of nitrogens with two attached hydrogens (primary N) is 1. The van der Waals surface area contributed by atoms with Crippen LogP contribution in [0.2, 0.25) is 0 Å². The molecular weight excluding hydrogens is 227 g/mol. The van der Waals surface area contributed by atoms with Crippen molar-refractivity contribution in [3.8, 4) is 0 Å². The molecule has 0 spiro atoms. The molecule has 2 N–H and O–H groups in total. The van der Waals surface area contributed by atoms with E-state index in [0.29, 0.717) is 12.0 Å². The Morgan fingerprint density at radius 3 is 2.83 bits per heavy atom. The fourth-order valence-corrected chi connectivity index (χ4v) is 2.87. The van der Waals surface area contributed by atoms with E-state index in [1.165, 1.54) is 0 Å². The number of hydrogen-bond donors (Lipinski definition) is 1. The minimum absolute atomic E-state index is 0.104. The second-order valence-electron chi connectivity index (χ2n) is 5.31. The summed E-state index contributed by atoms with van der Waals surface area (Å²) in [7, 11) is 0. The zero-order valence-corrected chi connectivity index (χ0v) is 11.3. The van der Waals surface area contributed by atoms with Crippen molar-refractivity contribution >= 4 is 0 Å². The van der Waals surface area contributed by atoms with Crippen LogP contribution in [0, 0.1) is 11.7 Å². The summed E-state index contributed by atoms with van der Waals surface area (Å²) in [6.07, 6.45) is 2.11. The van der Waals surface area contributed by atoms with Gasteiger partial charge in [-0.05, 0) is 25.3 Å². The monoisotopic (exact) mass is 250 g/mol. The predicted molar refractivity (Wildman–Crippen MR) is 72.8 cm³/mol. The Balaban J connectivity index is 2.10. The van der Waals surface area contributed by atoms with E-state index in [0.717, 1.165) is 31.5 Å². The lowest BCUT2D eigenvalue weighted by Crippen LogP contribution is -2.47. The fraction of sp³-hybridized carbons (Fsp3) is 0.600. The standard InChI is InChI=1S/C15H23FN2/c1-3-12-10-18(9-8-15(12)17)11(2)13-6-4-5-7-14(13)16/h4-7,11-12,15H,3,8-10,17H2,1-2H3. The third-order valence-electron chi connectivity index (χ3n) is 4.25. The first-order valence-corrected chi connectivity index (χ1v) is 6.87. The Hall–Kier alpha value is -0.930. The summed E-state index contributed by atoms with van der Waals surface area (Å²) in [5.74, 6) is 0.431. The topological polar surface area (TPSA) is 29.3 Å². The highest BCUT2D eigenvalue weighted by Crippen LogP contribution is 2.28. The first-order chi connectivity index (χ1) is 8.63. The maximum atomic E-state index is 13.8. The molecule has 1 aromatic rings. The number of piperidine rings is 1. The van der Waals surface area contributed by atoms with Gasteiger partial charge in [0.25, 0.3) is 0 Å². The second kappa shape index (κ2) is 5.81. The Bertz CT molecular complexity index is 394. The molecule has 1 aliphatic rings. The number of nitrogens with zero attached hydrogens (tertiary/aromatic N) is 1. The van der Waals surface area contributed by atoms with Crippen molar-refractivity contribution in [1.82, 2.24) is 4.90 Å². The third-order valence-corrected chi connectivity index (χ3v) is 4.25. The smallest absolute Gasteiger partial charge is 0.127 e. The molecule has 1 heterocycles. The molecule has 0 amide bonds. The number of likely N-dealkylation sites (tertiary alicyclic amines) is 1. The molecule has 2 rings (SSSR count). The second-order valence-corrected chi connectivity index (χ2v) is 5.31. The SMILES string of the molecule is CCC1CN(C(C)c2ccccc2F)CCC1N. The molecule has 0 saturated carbocycles. The molecule has 0 aliphatic carbocycles. The van der Waals surface area contributed by atoms with Gasteiger partial charge in [0, 0.05) is 30.7 Å². The van der Waals surface area contributed by atoms with Crippen molar-refractivity contribution in [2.75, 3.05) is 13.1 Å².